The van der Waals surface area contributed by atoms with E-state index in [1.54, 1.807) is 0 Å². The Bertz CT molecular complexity index is 274. The number of hydrogen-bond acceptors (Lipinski definition) is 4. The molecule has 2 saturated heterocycles. The van der Waals surface area contributed by atoms with Gasteiger partial charge < -0.3 is 15.4 Å². The van der Waals surface area contributed by atoms with Crippen molar-refractivity contribution in [3.8, 4) is 0 Å². The number of rotatable bonds is 3. The first kappa shape index (κ1) is 14.3. The van der Waals surface area contributed by atoms with Crippen LogP contribution in [0.5, 0.6) is 0 Å². The second-order valence-corrected chi connectivity index (χ2v) is 5.94. The Morgan fingerprint density at radius 1 is 1.39 bits per heavy atom. The molecule has 4 nitrogen and oxygen atoms in total. The molecular weight excluding hydrogens is 226 g/mol. The average molecular weight is 255 g/mol. The normalized spacial score (nSPS) is 40.0. The van der Waals surface area contributed by atoms with E-state index in [1.165, 1.54) is 19.4 Å². The molecule has 0 spiro atoms. The molecule has 0 saturated carbocycles. The summed E-state index contributed by atoms with van der Waals surface area (Å²) in [6.45, 7) is 9.58. The van der Waals surface area contributed by atoms with Crippen LogP contribution in [0.3, 0.4) is 0 Å². The Kier molecular flexibility index (Phi) is 4.64. The fraction of sp³-hybridized carbons (Fsp3) is 1.00. The van der Waals surface area contributed by atoms with Crippen molar-refractivity contribution in [2.45, 2.75) is 50.8 Å². The lowest BCUT2D eigenvalue weighted by molar-refractivity contribution is -0.00995. The smallest absolute Gasteiger partial charge is 0.0743 e. The van der Waals surface area contributed by atoms with Gasteiger partial charge in [-0.1, -0.05) is 6.92 Å². The van der Waals surface area contributed by atoms with E-state index in [2.05, 4.69) is 30.7 Å². The van der Waals surface area contributed by atoms with Gasteiger partial charge in [-0.2, -0.15) is 0 Å². The third-order valence-corrected chi connectivity index (χ3v) is 4.96. The van der Waals surface area contributed by atoms with E-state index in [0.717, 1.165) is 26.1 Å². The molecule has 3 unspecified atom stereocenters. The van der Waals surface area contributed by atoms with E-state index in [9.17, 15) is 0 Å². The lowest BCUT2D eigenvalue weighted by atomic mass is 9.87. The minimum absolute atomic E-state index is 0.0753. The van der Waals surface area contributed by atoms with Crippen molar-refractivity contribution in [1.82, 2.24) is 9.80 Å². The van der Waals surface area contributed by atoms with Crippen LogP contribution in [0.1, 0.15) is 33.1 Å². The first-order valence-electron chi connectivity index (χ1n) is 7.41. The summed E-state index contributed by atoms with van der Waals surface area (Å²) in [4.78, 5) is 5.13. The maximum absolute atomic E-state index is 6.16. The maximum Gasteiger partial charge on any atom is 0.0743 e. The Balaban J connectivity index is 2.21. The van der Waals surface area contributed by atoms with Crippen LogP contribution in [-0.4, -0.2) is 67.3 Å². The predicted molar refractivity (Wildman–Crippen MR) is 74.7 cm³/mol. The first-order chi connectivity index (χ1) is 8.64. The van der Waals surface area contributed by atoms with Gasteiger partial charge in [-0.25, -0.2) is 0 Å². The molecule has 106 valence electrons. The van der Waals surface area contributed by atoms with Crippen LogP contribution in [-0.2, 0) is 4.74 Å². The monoisotopic (exact) mass is 255 g/mol. The standard InChI is InChI=1S/C14H29N3O/c1-4-13-10-16(3)7-5-8-17(13)14(11-15)6-9-18-12(14)2/h12-13H,4-11,15H2,1-3H3. The molecule has 2 heterocycles. The van der Waals surface area contributed by atoms with Gasteiger partial charge in [0, 0.05) is 32.3 Å². The highest BCUT2D eigenvalue weighted by molar-refractivity contribution is 5.03. The van der Waals surface area contributed by atoms with Crippen molar-refractivity contribution < 1.29 is 4.74 Å². The van der Waals surface area contributed by atoms with Crippen LogP contribution >= 0.6 is 0 Å². The highest BCUT2D eigenvalue weighted by atomic mass is 16.5. The van der Waals surface area contributed by atoms with Gasteiger partial charge in [0.15, 0.2) is 0 Å². The first-order valence-corrected chi connectivity index (χ1v) is 7.41. The summed E-state index contributed by atoms with van der Waals surface area (Å²) in [5.74, 6) is 0. The second-order valence-electron chi connectivity index (χ2n) is 5.94. The number of nitrogens with two attached hydrogens (primary N) is 1. The van der Waals surface area contributed by atoms with Crippen LogP contribution in [0.2, 0.25) is 0 Å². The van der Waals surface area contributed by atoms with Crippen molar-refractivity contribution in [2.75, 3.05) is 39.8 Å². The Labute approximate surface area is 111 Å². The molecular formula is C14H29N3O. The molecule has 2 rings (SSSR count). The molecule has 3 atom stereocenters. The Morgan fingerprint density at radius 3 is 2.72 bits per heavy atom. The van der Waals surface area contributed by atoms with E-state index in [0.29, 0.717) is 12.6 Å². The summed E-state index contributed by atoms with van der Waals surface area (Å²) in [7, 11) is 2.23. The fourth-order valence-electron chi connectivity index (χ4n) is 3.71. The van der Waals surface area contributed by atoms with Crippen molar-refractivity contribution in [2.24, 2.45) is 5.73 Å². The minimum Gasteiger partial charge on any atom is -0.376 e. The molecule has 0 aromatic rings. The van der Waals surface area contributed by atoms with Crippen molar-refractivity contribution in [1.29, 1.82) is 0 Å². The molecule has 2 fully saturated rings. The topological polar surface area (TPSA) is 41.7 Å². The summed E-state index contributed by atoms with van der Waals surface area (Å²) >= 11 is 0. The molecule has 2 aliphatic rings. The Hall–Kier alpha value is -0.160. The molecule has 2 N–H and O–H groups in total. The van der Waals surface area contributed by atoms with Gasteiger partial charge in [-0.15, -0.1) is 0 Å². The van der Waals surface area contributed by atoms with Gasteiger partial charge in [0.1, 0.15) is 0 Å². The molecule has 0 radical (unpaired) electrons. The summed E-state index contributed by atoms with van der Waals surface area (Å²) < 4.78 is 5.84. The number of ether oxygens (including phenoxy) is 1. The van der Waals surface area contributed by atoms with Crippen molar-refractivity contribution in [3.05, 3.63) is 0 Å². The number of hydrogen-bond donors (Lipinski definition) is 1. The quantitative estimate of drug-likeness (QED) is 0.814. The van der Waals surface area contributed by atoms with Gasteiger partial charge in [0.2, 0.25) is 0 Å². The van der Waals surface area contributed by atoms with Crippen LogP contribution in [0, 0.1) is 0 Å². The van der Waals surface area contributed by atoms with Gasteiger partial charge in [0.05, 0.1) is 11.6 Å². The van der Waals surface area contributed by atoms with E-state index in [1.807, 2.05) is 0 Å². The van der Waals surface area contributed by atoms with Crippen LogP contribution in [0.25, 0.3) is 0 Å². The van der Waals surface area contributed by atoms with Crippen LogP contribution < -0.4 is 5.73 Å². The molecule has 0 aromatic carbocycles. The predicted octanol–water partition coefficient (Wildman–Crippen LogP) is 0.909. The maximum atomic E-state index is 6.16. The molecule has 0 aliphatic carbocycles. The zero-order valence-corrected chi connectivity index (χ0v) is 12.2. The molecule has 18 heavy (non-hydrogen) atoms. The van der Waals surface area contributed by atoms with Gasteiger partial charge in [-0.05, 0) is 39.8 Å². The highest BCUT2D eigenvalue weighted by Gasteiger charge is 2.47. The fourth-order valence-corrected chi connectivity index (χ4v) is 3.71. The lowest BCUT2D eigenvalue weighted by Gasteiger charge is -2.46. The van der Waals surface area contributed by atoms with Gasteiger partial charge >= 0.3 is 0 Å². The molecule has 0 bridgehead atoms. The lowest BCUT2D eigenvalue weighted by Crippen LogP contribution is -2.62. The van der Waals surface area contributed by atoms with E-state index < -0.39 is 0 Å². The average Bonchev–Trinajstić information content (AvgIpc) is 2.63. The van der Waals surface area contributed by atoms with E-state index in [-0.39, 0.29) is 11.6 Å². The summed E-state index contributed by atoms with van der Waals surface area (Å²) in [6.07, 6.45) is 3.78. The number of nitrogens with zero attached hydrogens (tertiary/aromatic N) is 2. The second kappa shape index (κ2) is 5.87. The SMILES string of the molecule is CCC1CN(C)CCCN1C1(CN)CCOC1C. The van der Waals surface area contributed by atoms with E-state index >= 15 is 0 Å². The molecule has 2 aliphatic heterocycles. The van der Waals surface area contributed by atoms with Gasteiger partial charge in [-0.3, -0.25) is 4.90 Å². The van der Waals surface area contributed by atoms with Crippen molar-refractivity contribution in [3.63, 3.8) is 0 Å². The minimum atomic E-state index is 0.0753. The highest BCUT2D eigenvalue weighted by Crippen LogP contribution is 2.34. The summed E-state index contributed by atoms with van der Waals surface area (Å²) in [6, 6.07) is 0.616. The molecule has 0 amide bonds. The zero-order chi connectivity index (χ0) is 13.2. The van der Waals surface area contributed by atoms with Gasteiger partial charge in [0.25, 0.3) is 0 Å². The molecule has 4 heteroatoms. The molecule has 0 aromatic heterocycles. The third kappa shape index (κ3) is 2.44. The number of likely N-dealkylation sites (N-methyl/N-ethyl adjacent to an activating group) is 1. The summed E-state index contributed by atoms with van der Waals surface area (Å²) in [5, 5.41) is 0. The third-order valence-electron chi connectivity index (χ3n) is 4.96. The van der Waals surface area contributed by atoms with Crippen molar-refractivity contribution >= 4 is 0 Å². The Morgan fingerprint density at radius 2 is 2.17 bits per heavy atom. The van der Waals surface area contributed by atoms with E-state index in [4.69, 9.17) is 10.5 Å². The van der Waals surface area contributed by atoms with Crippen LogP contribution in [0.4, 0.5) is 0 Å². The largest absolute Gasteiger partial charge is 0.376 e. The zero-order valence-electron chi connectivity index (χ0n) is 12.2. The summed E-state index contributed by atoms with van der Waals surface area (Å²) in [5.41, 5.74) is 6.23. The van der Waals surface area contributed by atoms with Crippen LogP contribution in [0.15, 0.2) is 0 Å².